The van der Waals surface area contributed by atoms with Crippen molar-refractivity contribution in [3.05, 3.63) is 46.6 Å². The summed E-state index contributed by atoms with van der Waals surface area (Å²) in [6, 6.07) is 6.35. The third kappa shape index (κ3) is 2.88. The van der Waals surface area contributed by atoms with Gasteiger partial charge in [-0.3, -0.25) is 0 Å². The molecule has 8 heteroatoms. The Kier molecular flexibility index (Phi) is 3.47. The number of hydrogen-bond donors (Lipinski definition) is 2. The lowest BCUT2D eigenvalue weighted by atomic mass is 10.2. The van der Waals surface area contributed by atoms with Gasteiger partial charge in [0, 0.05) is 6.07 Å². The molecule has 2 N–H and O–H groups in total. The second-order valence-electron chi connectivity index (χ2n) is 3.69. The Morgan fingerprint density at radius 1 is 1.47 bits per heavy atom. The summed E-state index contributed by atoms with van der Waals surface area (Å²) in [4.78, 5) is 8.86. The number of anilines is 1. The van der Waals surface area contributed by atoms with Gasteiger partial charge < -0.3 is 25.3 Å². The number of nitrogens with one attached hydrogen (secondary N) is 2. The van der Waals surface area contributed by atoms with E-state index in [0.717, 1.165) is 12.4 Å². The van der Waals surface area contributed by atoms with Crippen LogP contribution in [-0.2, 0) is 4.74 Å². The van der Waals surface area contributed by atoms with Crippen molar-refractivity contribution in [3.8, 4) is 0 Å². The zero-order valence-corrected chi connectivity index (χ0v) is 9.99. The number of hydrazone groups is 1. The molecule has 0 saturated carbocycles. The average molecular weight is 263 g/mol. The molecule has 1 aliphatic rings. The Hall–Kier alpha value is -2.42. The van der Waals surface area contributed by atoms with Crippen molar-refractivity contribution in [3.63, 3.8) is 0 Å². The van der Waals surface area contributed by atoms with Crippen LogP contribution in [0, 0.1) is 10.4 Å². The van der Waals surface area contributed by atoms with E-state index in [2.05, 4.69) is 15.2 Å². The van der Waals surface area contributed by atoms with Gasteiger partial charge in [-0.05, 0) is 6.07 Å². The van der Waals surface area contributed by atoms with Crippen LogP contribution in [-0.4, -0.2) is 19.4 Å². The van der Waals surface area contributed by atoms with E-state index in [9.17, 15) is 15.2 Å². The number of hydrogen-bond acceptors (Lipinski definition) is 6. The molecular weight excluding hydrogens is 252 g/mol. The van der Waals surface area contributed by atoms with E-state index in [4.69, 9.17) is 0 Å². The molecule has 0 saturated heterocycles. The van der Waals surface area contributed by atoms with Crippen LogP contribution in [0.4, 0.5) is 16.2 Å². The molecule has 0 unspecified atom stereocenters. The fourth-order valence-electron chi connectivity index (χ4n) is 1.56. The van der Waals surface area contributed by atoms with E-state index in [0.29, 0.717) is 5.69 Å². The molecule has 1 amide bonds. The van der Waals surface area contributed by atoms with Gasteiger partial charge in [0.15, 0.2) is 5.69 Å². The highest BCUT2D eigenvalue weighted by Crippen LogP contribution is 2.35. The van der Waals surface area contributed by atoms with Gasteiger partial charge in [-0.15, -0.1) is 0 Å². The van der Waals surface area contributed by atoms with Gasteiger partial charge in [0.25, 0.3) is 0 Å². The highest BCUT2D eigenvalue weighted by molar-refractivity contribution is 5.89. The number of quaternary nitrogens is 1. The molecule has 0 fully saturated rings. The molecule has 100 valence electrons. The van der Waals surface area contributed by atoms with Crippen molar-refractivity contribution in [1.82, 2.24) is 10.2 Å². The molecular formula is C11H11N4O4-. The first-order valence-corrected chi connectivity index (χ1v) is 5.30. The zero-order valence-electron chi connectivity index (χ0n) is 9.99. The number of nitrogens with zero attached hydrogens (tertiary/aromatic N) is 2. The average Bonchev–Trinajstić information content (AvgIpc) is 2.38. The maximum Gasteiger partial charge on any atom is 0.427 e. The van der Waals surface area contributed by atoms with Crippen molar-refractivity contribution in [1.29, 1.82) is 0 Å². The van der Waals surface area contributed by atoms with Crippen molar-refractivity contribution in [2.75, 3.05) is 12.4 Å². The third-order valence-electron chi connectivity index (χ3n) is 2.37. The van der Waals surface area contributed by atoms with Gasteiger partial charge >= 0.3 is 6.09 Å². The number of para-hydroxylation sites is 2. The van der Waals surface area contributed by atoms with Crippen LogP contribution in [0.3, 0.4) is 0 Å². The SMILES string of the molecule is COC(=O)NN=CC1=C[N+]([O-])([O-])c2ccccc2N1. The van der Waals surface area contributed by atoms with E-state index >= 15 is 0 Å². The predicted octanol–water partition coefficient (Wildman–Crippen LogP) is 1.60. The molecule has 0 atom stereocenters. The lowest BCUT2D eigenvalue weighted by Crippen LogP contribution is -2.34. The first-order valence-electron chi connectivity index (χ1n) is 5.30. The lowest BCUT2D eigenvalue weighted by molar-refractivity contribution is 0.171. The van der Waals surface area contributed by atoms with Crippen molar-refractivity contribution >= 4 is 23.7 Å². The van der Waals surface area contributed by atoms with E-state index in [1.54, 1.807) is 18.2 Å². The molecule has 1 aromatic rings. The number of methoxy groups -OCH3 is 1. The third-order valence-corrected chi connectivity index (χ3v) is 2.37. The molecule has 0 radical (unpaired) electrons. The Morgan fingerprint density at radius 3 is 2.95 bits per heavy atom. The van der Waals surface area contributed by atoms with Gasteiger partial charge in [-0.1, -0.05) is 12.1 Å². The molecule has 0 spiro atoms. The minimum Gasteiger partial charge on any atom is -0.621 e. The standard InChI is InChI=1S/C11H11N4O4/c1-19-11(16)14-12-6-8-7-15(17,18)10-5-3-2-4-9(10)13-8/h2-7,13H,1H3,(H,14,16)/q-1. The quantitative estimate of drug-likeness (QED) is 0.364. The van der Waals surface area contributed by atoms with Crippen LogP contribution in [0.5, 0.6) is 0 Å². The molecule has 0 aromatic heterocycles. The van der Waals surface area contributed by atoms with E-state index in [1.807, 2.05) is 5.43 Å². The molecule has 1 aromatic carbocycles. The number of allylic oxidation sites excluding steroid dienone is 1. The Balaban J connectivity index is 2.18. The van der Waals surface area contributed by atoms with Gasteiger partial charge in [0.2, 0.25) is 0 Å². The van der Waals surface area contributed by atoms with Gasteiger partial charge in [-0.25, -0.2) is 10.2 Å². The topological polar surface area (TPSA) is 109 Å². The number of rotatable bonds is 2. The van der Waals surface area contributed by atoms with Crippen LogP contribution in [0.15, 0.2) is 41.3 Å². The van der Waals surface area contributed by atoms with Gasteiger partial charge in [-0.2, -0.15) is 5.10 Å². The highest BCUT2D eigenvalue weighted by atomic mass is 16.8. The van der Waals surface area contributed by atoms with E-state index in [-0.39, 0.29) is 11.4 Å². The lowest BCUT2D eigenvalue weighted by Gasteiger charge is -2.45. The van der Waals surface area contributed by atoms with Crippen LogP contribution in [0.2, 0.25) is 0 Å². The molecule has 0 bridgehead atoms. The van der Waals surface area contributed by atoms with Crippen LogP contribution >= 0.6 is 0 Å². The number of ether oxygens (including phenoxy) is 1. The maximum absolute atomic E-state index is 11.8. The summed E-state index contributed by atoms with van der Waals surface area (Å²) >= 11 is 0. The molecule has 2 rings (SSSR count). The summed E-state index contributed by atoms with van der Waals surface area (Å²) in [5, 5.41) is 30.0. The van der Waals surface area contributed by atoms with Crippen molar-refractivity contribution < 1.29 is 9.53 Å². The minimum absolute atomic E-state index is 0.0561. The Labute approximate surface area is 108 Å². The molecule has 0 aliphatic carbocycles. The molecule has 8 nitrogen and oxygen atoms in total. The number of benzene rings is 1. The second kappa shape index (κ2) is 5.06. The fraction of sp³-hybridized carbons (Fsp3) is 0.0909. The molecule has 1 aliphatic heterocycles. The summed E-state index contributed by atoms with van der Waals surface area (Å²) in [6.45, 7) is 0. The summed E-state index contributed by atoms with van der Waals surface area (Å²) < 4.78 is 4.31. The van der Waals surface area contributed by atoms with Crippen LogP contribution < -0.4 is 15.6 Å². The van der Waals surface area contributed by atoms with Crippen molar-refractivity contribution in [2.24, 2.45) is 5.10 Å². The first-order chi connectivity index (χ1) is 9.03. The summed E-state index contributed by atoms with van der Waals surface area (Å²) in [5.41, 5.74) is 2.68. The smallest absolute Gasteiger partial charge is 0.427 e. The summed E-state index contributed by atoms with van der Waals surface area (Å²) in [5.74, 6) is 0. The van der Waals surface area contributed by atoms with Crippen molar-refractivity contribution in [2.45, 2.75) is 0 Å². The first kappa shape index (κ1) is 13.0. The monoisotopic (exact) mass is 263 g/mol. The van der Waals surface area contributed by atoms with E-state index in [1.165, 1.54) is 13.2 Å². The van der Waals surface area contributed by atoms with E-state index < -0.39 is 10.9 Å². The fourth-order valence-corrected chi connectivity index (χ4v) is 1.56. The normalized spacial score (nSPS) is 16.3. The number of carbonyl (C=O) groups is 1. The predicted molar refractivity (Wildman–Crippen MR) is 70.7 cm³/mol. The van der Waals surface area contributed by atoms with Gasteiger partial charge in [0.1, 0.15) is 17.6 Å². The van der Waals surface area contributed by atoms with Crippen LogP contribution in [0.1, 0.15) is 0 Å². The minimum atomic E-state index is -1.90. The molecule has 1 heterocycles. The number of hydroxylamine groups is 2. The summed E-state index contributed by atoms with van der Waals surface area (Å²) in [7, 11) is 1.19. The molecule has 19 heavy (non-hydrogen) atoms. The van der Waals surface area contributed by atoms with Crippen LogP contribution in [0.25, 0.3) is 0 Å². The highest BCUT2D eigenvalue weighted by Gasteiger charge is 2.20. The van der Waals surface area contributed by atoms with Gasteiger partial charge in [0.05, 0.1) is 13.3 Å². The Morgan fingerprint density at radius 2 is 2.21 bits per heavy atom. The largest absolute Gasteiger partial charge is 0.621 e. The second-order valence-corrected chi connectivity index (χ2v) is 3.69. The Bertz CT molecular complexity index is 553. The number of amides is 1. The number of carbonyl (C=O) groups excluding carboxylic acids is 1. The summed E-state index contributed by atoms with van der Waals surface area (Å²) in [6.07, 6.45) is 1.29. The maximum atomic E-state index is 11.8. The zero-order chi connectivity index (χ0) is 13.9. The number of fused-ring (bicyclic) bond motifs is 1.